The van der Waals surface area contributed by atoms with Crippen molar-refractivity contribution in [1.29, 1.82) is 0 Å². The van der Waals surface area contributed by atoms with E-state index in [0.29, 0.717) is 21.2 Å². The molecule has 0 aromatic heterocycles. The molecule has 106 valence electrons. The Morgan fingerprint density at radius 2 is 1.60 bits per heavy atom. The van der Waals surface area contributed by atoms with Gasteiger partial charge in [-0.25, -0.2) is 0 Å². The van der Waals surface area contributed by atoms with E-state index in [-0.39, 0.29) is 11.4 Å². The summed E-state index contributed by atoms with van der Waals surface area (Å²) in [6, 6.07) is 8.66. The molecule has 0 atom stereocenters. The minimum absolute atomic E-state index is 0.207. The molecular formula is C14H8Cl3F3. The molecule has 2 aromatic carbocycles. The Labute approximate surface area is 129 Å². The van der Waals surface area contributed by atoms with Crippen LogP contribution in [0.2, 0.25) is 15.1 Å². The van der Waals surface area contributed by atoms with Crippen molar-refractivity contribution in [2.24, 2.45) is 0 Å². The third-order valence-electron chi connectivity index (χ3n) is 2.78. The Balaban J connectivity index is 2.40. The van der Waals surface area contributed by atoms with Crippen molar-refractivity contribution in [2.75, 3.05) is 0 Å². The minimum atomic E-state index is -4.48. The minimum Gasteiger partial charge on any atom is -0.166 e. The van der Waals surface area contributed by atoms with Crippen LogP contribution in [0, 0.1) is 0 Å². The molecular weight excluding hydrogens is 332 g/mol. The summed E-state index contributed by atoms with van der Waals surface area (Å²) in [5.74, 6) is 0. The summed E-state index contributed by atoms with van der Waals surface area (Å²) in [5.41, 5.74) is 0.185. The molecule has 0 unspecified atom stereocenters. The Morgan fingerprint density at radius 1 is 0.900 bits per heavy atom. The molecule has 0 spiro atoms. The van der Waals surface area contributed by atoms with Crippen LogP contribution in [0.4, 0.5) is 13.2 Å². The summed E-state index contributed by atoms with van der Waals surface area (Å²) in [5, 5.41) is 0.561. The lowest BCUT2D eigenvalue weighted by Gasteiger charge is -2.13. The molecule has 6 heteroatoms. The van der Waals surface area contributed by atoms with E-state index in [1.165, 1.54) is 6.07 Å². The molecule has 0 N–H and O–H groups in total. The first kappa shape index (κ1) is 15.5. The molecule has 0 amide bonds. The van der Waals surface area contributed by atoms with Gasteiger partial charge in [-0.3, -0.25) is 0 Å². The van der Waals surface area contributed by atoms with E-state index in [1.54, 1.807) is 24.3 Å². The standard InChI is InChI=1S/C14H8Cl3F3/c15-10-5-4-8(12(16)7-10)6-9-2-1-3-11(13(9)17)14(18,19)20/h1-5,7H,6H2. The van der Waals surface area contributed by atoms with Crippen LogP contribution in [-0.4, -0.2) is 0 Å². The second-order valence-corrected chi connectivity index (χ2v) is 5.41. The zero-order valence-corrected chi connectivity index (χ0v) is 12.2. The Hall–Kier alpha value is -0.900. The van der Waals surface area contributed by atoms with E-state index in [1.807, 2.05) is 0 Å². The summed E-state index contributed by atoms with van der Waals surface area (Å²) < 4.78 is 38.3. The van der Waals surface area contributed by atoms with Gasteiger partial charge in [0, 0.05) is 16.5 Å². The fourth-order valence-electron chi connectivity index (χ4n) is 1.81. The Bertz CT molecular complexity index is 636. The smallest absolute Gasteiger partial charge is 0.166 e. The number of alkyl halides is 3. The fraction of sp³-hybridized carbons (Fsp3) is 0.143. The van der Waals surface area contributed by atoms with Gasteiger partial charge in [0.2, 0.25) is 0 Å². The summed E-state index contributed by atoms with van der Waals surface area (Å²) in [6.45, 7) is 0. The molecule has 0 saturated heterocycles. The first-order valence-corrected chi connectivity index (χ1v) is 6.71. The molecule has 0 saturated carbocycles. The Kier molecular flexibility index (Phi) is 4.52. The molecule has 20 heavy (non-hydrogen) atoms. The van der Waals surface area contributed by atoms with Gasteiger partial charge in [0.05, 0.1) is 10.6 Å². The first-order chi connectivity index (χ1) is 9.29. The zero-order valence-electron chi connectivity index (χ0n) is 9.94. The van der Waals surface area contributed by atoms with E-state index in [0.717, 1.165) is 6.07 Å². The summed E-state index contributed by atoms with van der Waals surface area (Å²) in [7, 11) is 0. The lowest BCUT2D eigenvalue weighted by Crippen LogP contribution is -2.07. The van der Waals surface area contributed by atoms with Crippen LogP contribution in [0.25, 0.3) is 0 Å². The zero-order chi connectivity index (χ0) is 14.9. The first-order valence-electron chi connectivity index (χ1n) is 5.57. The van der Waals surface area contributed by atoms with E-state index in [4.69, 9.17) is 34.8 Å². The highest BCUT2D eigenvalue weighted by Crippen LogP contribution is 2.37. The topological polar surface area (TPSA) is 0 Å². The van der Waals surface area contributed by atoms with Gasteiger partial charge in [0.15, 0.2) is 0 Å². The van der Waals surface area contributed by atoms with Gasteiger partial charge < -0.3 is 0 Å². The lowest BCUT2D eigenvalue weighted by atomic mass is 10.0. The average Bonchev–Trinajstić information content (AvgIpc) is 2.33. The molecule has 2 aromatic rings. The number of halogens is 6. The van der Waals surface area contributed by atoms with Crippen molar-refractivity contribution >= 4 is 34.8 Å². The maximum Gasteiger partial charge on any atom is 0.417 e. The van der Waals surface area contributed by atoms with E-state index in [2.05, 4.69) is 0 Å². The number of benzene rings is 2. The number of hydrogen-bond donors (Lipinski definition) is 0. The van der Waals surface area contributed by atoms with Gasteiger partial charge in [0.1, 0.15) is 0 Å². The highest BCUT2D eigenvalue weighted by atomic mass is 35.5. The van der Waals surface area contributed by atoms with Crippen molar-refractivity contribution in [2.45, 2.75) is 12.6 Å². The third-order valence-corrected chi connectivity index (χ3v) is 3.81. The molecule has 0 fully saturated rings. The SMILES string of the molecule is FC(F)(F)c1cccc(Cc2ccc(Cl)cc2Cl)c1Cl. The van der Waals surface area contributed by atoms with Crippen LogP contribution in [0.3, 0.4) is 0 Å². The molecule has 0 aliphatic carbocycles. The van der Waals surface area contributed by atoms with Gasteiger partial charge in [-0.05, 0) is 29.3 Å². The Morgan fingerprint density at radius 3 is 2.20 bits per heavy atom. The molecule has 0 radical (unpaired) electrons. The highest BCUT2D eigenvalue weighted by Gasteiger charge is 2.33. The van der Waals surface area contributed by atoms with Gasteiger partial charge >= 0.3 is 6.18 Å². The maximum atomic E-state index is 12.8. The summed E-state index contributed by atoms with van der Waals surface area (Å²) in [6.07, 6.45) is -4.27. The maximum absolute atomic E-state index is 12.8. The highest BCUT2D eigenvalue weighted by molar-refractivity contribution is 6.35. The number of rotatable bonds is 2. The van der Waals surface area contributed by atoms with Crippen LogP contribution < -0.4 is 0 Å². The second-order valence-electron chi connectivity index (χ2n) is 4.19. The molecule has 0 aliphatic heterocycles. The molecule has 0 nitrogen and oxygen atoms in total. The van der Waals surface area contributed by atoms with E-state index in [9.17, 15) is 13.2 Å². The van der Waals surface area contributed by atoms with Gasteiger partial charge in [-0.1, -0.05) is 53.0 Å². The second kappa shape index (κ2) is 5.84. The predicted octanol–water partition coefficient (Wildman–Crippen LogP) is 6.26. The molecule has 2 rings (SSSR count). The van der Waals surface area contributed by atoms with Crippen LogP contribution in [0.1, 0.15) is 16.7 Å². The predicted molar refractivity (Wildman–Crippen MR) is 75.7 cm³/mol. The molecule has 0 heterocycles. The quantitative estimate of drug-likeness (QED) is 0.606. The normalized spacial score (nSPS) is 11.7. The van der Waals surface area contributed by atoms with Gasteiger partial charge in [-0.15, -0.1) is 0 Å². The largest absolute Gasteiger partial charge is 0.417 e. The van der Waals surface area contributed by atoms with Crippen LogP contribution >= 0.6 is 34.8 Å². The molecule has 0 bridgehead atoms. The van der Waals surface area contributed by atoms with Crippen molar-refractivity contribution in [1.82, 2.24) is 0 Å². The van der Waals surface area contributed by atoms with Crippen molar-refractivity contribution in [3.63, 3.8) is 0 Å². The van der Waals surface area contributed by atoms with E-state index >= 15 is 0 Å². The number of hydrogen-bond acceptors (Lipinski definition) is 0. The monoisotopic (exact) mass is 338 g/mol. The van der Waals surface area contributed by atoms with Gasteiger partial charge in [0.25, 0.3) is 0 Å². The average molecular weight is 340 g/mol. The molecule has 0 aliphatic rings. The van der Waals surface area contributed by atoms with Crippen molar-refractivity contribution in [3.8, 4) is 0 Å². The lowest BCUT2D eigenvalue weighted by molar-refractivity contribution is -0.137. The van der Waals surface area contributed by atoms with Crippen LogP contribution in [0.5, 0.6) is 0 Å². The summed E-state index contributed by atoms with van der Waals surface area (Å²) >= 11 is 17.6. The summed E-state index contributed by atoms with van der Waals surface area (Å²) in [4.78, 5) is 0. The van der Waals surface area contributed by atoms with Gasteiger partial charge in [-0.2, -0.15) is 13.2 Å². The van der Waals surface area contributed by atoms with E-state index < -0.39 is 11.7 Å². The van der Waals surface area contributed by atoms with Crippen molar-refractivity contribution in [3.05, 3.63) is 68.2 Å². The third kappa shape index (κ3) is 3.40. The van der Waals surface area contributed by atoms with Crippen molar-refractivity contribution < 1.29 is 13.2 Å². The van der Waals surface area contributed by atoms with Crippen LogP contribution in [-0.2, 0) is 12.6 Å². The fourth-order valence-corrected chi connectivity index (χ4v) is 2.58. The van der Waals surface area contributed by atoms with Crippen LogP contribution in [0.15, 0.2) is 36.4 Å².